The van der Waals surface area contributed by atoms with Crippen molar-refractivity contribution in [3.05, 3.63) is 81.9 Å². The van der Waals surface area contributed by atoms with Gasteiger partial charge in [-0.2, -0.15) is 0 Å². The van der Waals surface area contributed by atoms with E-state index in [4.69, 9.17) is 32.7 Å². The number of aromatic nitrogens is 2. The molecule has 1 aromatic heterocycles. The molecule has 4 rings (SSSR count). The summed E-state index contributed by atoms with van der Waals surface area (Å²) in [6.45, 7) is 1.05. The zero-order chi connectivity index (χ0) is 17.9. The molecule has 0 unspecified atom stereocenters. The van der Waals surface area contributed by atoms with Crippen LogP contribution in [0.2, 0.25) is 10.0 Å². The fourth-order valence-electron chi connectivity index (χ4n) is 3.22. The molecule has 2 aromatic carbocycles. The van der Waals surface area contributed by atoms with Gasteiger partial charge in [-0.1, -0.05) is 41.4 Å². The summed E-state index contributed by atoms with van der Waals surface area (Å²) in [5.74, 6) is 1.87. The smallest absolute Gasteiger partial charge is 0.126 e. The van der Waals surface area contributed by atoms with E-state index in [-0.39, 0.29) is 12.0 Å². The van der Waals surface area contributed by atoms with Crippen LogP contribution in [0.25, 0.3) is 0 Å². The Labute approximate surface area is 162 Å². The molecule has 26 heavy (non-hydrogen) atoms. The Morgan fingerprint density at radius 1 is 1.12 bits per heavy atom. The first-order valence-corrected chi connectivity index (χ1v) is 9.21. The molecule has 4 nitrogen and oxygen atoms in total. The molecular weight excluding hydrogens is 371 g/mol. The van der Waals surface area contributed by atoms with E-state index in [9.17, 15) is 0 Å². The summed E-state index contributed by atoms with van der Waals surface area (Å²) in [4.78, 5) is 7.50. The third kappa shape index (κ3) is 3.88. The third-order valence-electron chi connectivity index (χ3n) is 4.52. The van der Waals surface area contributed by atoms with E-state index in [1.807, 2.05) is 48.7 Å². The Balaban J connectivity index is 1.57. The van der Waals surface area contributed by atoms with Crippen LogP contribution in [-0.4, -0.2) is 16.6 Å². The van der Waals surface area contributed by atoms with Crippen molar-refractivity contribution in [2.75, 3.05) is 6.61 Å². The second-order valence-electron chi connectivity index (χ2n) is 6.35. The Kier molecular flexibility index (Phi) is 5.16. The van der Waals surface area contributed by atoms with Gasteiger partial charge in [0.2, 0.25) is 0 Å². The summed E-state index contributed by atoms with van der Waals surface area (Å²) in [6.07, 6.45) is 4.24. The summed E-state index contributed by atoms with van der Waals surface area (Å²) in [6, 6.07) is 13.4. The number of aromatic amines is 1. The lowest BCUT2D eigenvalue weighted by molar-refractivity contribution is -0.0295. The van der Waals surface area contributed by atoms with Crippen molar-refractivity contribution >= 4 is 23.2 Å². The van der Waals surface area contributed by atoms with Crippen molar-refractivity contribution in [2.24, 2.45) is 5.92 Å². The Morgan fingerprint density at radius 3 is 2.69 bits per heavy atom. The van der Waals surface area contributed by atoms with Gasteiger partial charge in [0.05, 0.1) is 19.3 Å². The van der Waals surface area contributed by atoms with Gasteiger partial charge in [0, 0.05) is 40.3 Å². The van der Waals surface area contributed by atoms with Crippen molar-refractivity contribution < 1.29 is 9.47 Å². The first-order chi connectivity index (χ1) is 12.7. The molecule has 2 heterocycles. The van der Waals surface area contributed by atoms with Crippen LogP contribution in [-0.2, 0) is 17.8 Å². The average molecular weight is 389 g/mol. The summed E-state index contributed by atoms with van der Waals surface area (Å²) >= 11 is 12.1. The molecule has 0 saturated heterocycles. The second kappa shape index (κ2) is 7.70. The van der Waals surface area contributed by atoms with Crippen molar-refractivity contribution in [2.45, 2.75) is 19.1 Å². The van der Waals surface area contributed by atoms with Gasteiger partial charge in [0.25, 0.3) is 0 Å². The fraction of sp³-hybridized carbons (Fsp3) is 0.250. The van der Waals surface area contributed by atoms with Crippen molar-refractivity contribution in [3.63, 3.8) is 0 Å². The number of hydrogen-bond donors (Lipinski definition) is 1. The Morgan fingerprint density at radius 2 is 1.92 bits per heavy atom. The van der Waals surface area contributed by atoms with E-state index in [0.29, 0.717) is 18.2 Å². The molecule has 0 amide bonds. The minimum absolute atomic E-state index is 0.100. The van der Waals surface area contributed by atoms with E-state index >= 15 is 0 Å². The highest BCUT2D eigenvalue weighted by atomic mass is 35.5. The molecule has 3 aromatic rings. The van der Waals surface area contributed by atoms with E-state index in [1.165, 1.54) is 0 Å². The number of rotatable bonds is 5. The SMILES string of the molecule is Clc1ccc(CO[C@@H]2c3ccc(Cl)cc3OC[C@@H]2Cc2ncc[nH]2)cc1. The summed E-state index contributed by atoms with van der Waals surface area (Å²) < 4.78 is 12.3. The molecule has 0 bridgehead atoms. The lowest BCUT2D eigenvalue weighted by Crippen LogP contribution is -2.29. The van der Waals surface area contributed by atoms with Gasteiger partial charge in [-0.25, -0.2) is 4.98 Å². The first kappa shape index (κ1) is 17.4. The zero-order valence-corrected chi connectivity index (χ0v) is 15.5. The predicted molar refractivity (Wildman–Crippen MR) is 102 cm³/mol. The van der Waals surface area contributed by atoms with Crippen LogP contribution in [0.3, 0.4) is 0 Å². The monoisotopic (exact) mass is 388 g/mol. The standard InChI is InChI=1S/C20H18Cl2N2O2/c21-15-3-1-13(2-4-15)11-26-20-14(9-19-23-7-8-24-19)12-25-18-10-16(22)5-6-17(18)20/h1-8,10,14,20H,9,11-12H2,(H,23,24)/t14-,20-/m0/s1. The van der Waals surface area contributed by atoms with Crippen LogP contribution in [0.5, 0.6) is 5.75 Å². The van der Waals surface area contributed by atoms with Gasteiger partial charge in [-0.3, -0.25) is 0 Å². The lowest BCUT2D eigenvalue weighted by atomic mass is 9.90. The molecular formula is C20H18Cl2N2O2. The van der Waals surface area contributed by atoms with Crippen LogP contribution < -0.4 is 4.74 Å². The molecule has 0 saturated carbocycles. The summed E-state index contributed by atoms with van der Waals surface area (Å²) in [7, 11) is 0. The topological polar surface area (TPSA) is 47.1 Å². The molecule has 1 aliphatic heterocycles. The minimum Gasteiger partial charge on any atom is -0.493 e. The maximum absolute atomic E-state index is 6.33. The summed E-state index contributed by atoms with van der Waals surface area (Å²) in [5.41, 5.74) is 2.10. The minimum atomic E-state index is -0.100. The molecule has 134 valence electrons. The predicted octanol–water partition coefficient (Wildman–Crippen LogP) is 5.23. The van der Waals surface area contributed by atoms with Crippen LogP contribution >= 0.6 is 23.2 Å². The number of hydrogen-bond acceptors (Lipinski definition) is 3. The number of ether oxygens (including phenoxy) is 2. The van der Waals surface area contributed by atoms with Crippen LogP contribution in [0.15, 0.2) is 54.9 Å². The van der Waals surface area contributed by atoms with Gasteiger partial charge < -0.3 is 14.5 Å². The normalized spacial score (nSPS) is 19.0. The molecule has 6 heteroatoms. The third-order valence-corrected chi connectivity index (χ3v) is 5.00. The molecule has 2 atom stereocenters. The average Bonchev–Trinajstić information content (AvgIpc) is 3.15. The number of nitrogens with zero attached hydrogens (tertiary/aromatic N) is 1. The van der Waals surface area contributed by atoms with Gasteiger partial charge in [-0.05, 0) is 29.8 Å². The quantitative estimate of drug-likeness (QED) is 0.650. The molecule has 1 aliphatic rings. The van der Waals surface area contributed by atoms with Gasteiger partial charge >= 0.3 is 0 Å². The van der Waals surface area contributed by atoms with Crippen LogP contribution in [0.1, 0.15) is 23.1 Å². The number of imidazole rings is 1. The largest absolute Gasteiger partial charge is 0.493 e. The van der Waals surface area contributed by atoms with Gasteiger partial charge in [0.15, 0.2) is 0 Å². The highest BCUT2D eigenvalue weighted by molar-refractivity contribution is 6.30. The number of benzene rings is 2. The molecule has 0 radical (unpaired) electrons. The lowest BCUT2D eigenvalue weighted by Gasteiger charge is -2.33. The fourth-order valence-corrected chi connectivity index (χ4v) is 3.51. The number of fused-ring (bicyclic) bond motifs is 1. The van der Waals surface area contributed by atoms with Gasteiger partial charge in [-0.15, -0.1) is 0 Å². The van der Waals surface area contributed by atoms with Crippen molar-refractivity contribution in [1.29, 1.82) is 0 Å². The van der Waals surface area contributed by atoms with E-state index < -0.39 is 0 Å². The maximum atomic E-state index is 6.33. The number of halogens is 2. The molecule has 0 spiro atoms. The molecule has 0 fully saturated rings. The van der Waals surface area contributed by atoms with Gasteiger partial charge in [0.1, 0.15) is 11.6 Å². The first-order valence-electron chi connectivity index (χ1n) is 8.45. The van der Waals surface area contributed by atoms with Crippen LogP contribution in [0.4, 0.5) is 0 Å². The Bertz CT molecular complexity index is 866. The van der Waals surface area contributed by atoms with Crippen molar-refractivity contribution in [1.82, 2.24) is 9.97 Å². The summed E-state index contributed by atoms with van der Waals surface area (Å²) in [5, 5.41) is 1.38. The Hall–Kier alpha value is -2.01. The van der Waals surface area contributed by atoms with E-state index in [2.05, 4.69) is 9.97 Å². The molecule has 0 aliphatic carbocycles. The van der Waals surface area contributed by atoms with Crippen LogP contribution in [0, 0.1) is 5.92 Å². The maximum Gasteiger partial charge on any atom is 0.126 e. The number of nitrogens with one attached hydrogen (secondary N) is 1. The van der Waals surface area contributed by atoms with E-state index in [1.54, 1.807) is 6.20 Å². The second-order valence-corrected chi connectivity index (χ2v) is 7.22. The highest BCUT2D eigenvalue weighted by Gasteiger charge is 2.32. The van der Waals surface area contributed by atoms with Crippen molar-refractivity contribution in [3.8, 4) is 5.75 Å². The zero-order valence-electron chi connectivity index (χ0n) is 14.0. The highest BCUT2D eigenvalue weighted by Crippen LogP contribution is 2.40. The molecule has 1 N–H and O–H groups in total. The number of H-pyrrole nitrogens is 1. The van der Waals surface area contributed by atoms with E-state index in [0.717, 1.165) is 34.1 Å².